The number of carbonyl (C=O) groups excluding carboxylic acids is 1. The molecule has 4 rings (SSSR count). The van der Waals surface area contributed by atoms with Crippen LogP contribution in [-0.4, -0.2) is 46.8 Å². The minimum absolute atomic E-state index is 0.0444. The lowest BCUT2D eigenvalue weighted by Gasteiger charge is -2.32. The molecule has 11 heteroatoms. The topological polar surface area (TPSA) is 124 Å². The minimum atomic E-state index is -4.13. The zero-order valence-electron chi connectivity index (χ0n) is 19.0. The SMILES string of the molecule is N#Cc1ccc(C(=O)N2CCC(NS(=O)(=O)c3cc(S(=O)(=O)c4ccccc4)ccc3Cl)CC2)cc1. The first-order chi connectivity index (χ1) is 17.1. The van der Waals surface area contributed by atoms with Gasteiger partial charge in [0.05, 0.1) is 26.4 Å². The van der Waals surface area contributed by atoms with Crippen LogP contribution in [0.1, 0.15) is 28.8 Å². The highest BCUT2D eigenvalue weighted by Gasteiger charge is 2.29. The van der Waals surface area contributed by atoms with Gasteiger partial charge in [0.2, 0.25) is 19.9 Å². The van der Waals surface area contributed by atoms with Crippen molar-refractivity contribution < 1.29 is 21.6 Å². The molecule has 8 nitrogen and oxygen atoms in total. The number of nitrogens with zero attached hydrogens (tertiary/aromatic N) is 2. The van der Waals surface area contributed by atoms with E-state index in [0.717, 1.165) is 6.07 Å². The molecular formula is C25H22ClN3O5S2. The number of hydrogen-bond donors (Lipinski definition) is 1. The van der Waals surface area contributed by atoms with E-state index in [1.165, 1.54) is 24.3 Å². The predicted octanol–water partition coefficient (Wildman–Crippen LogP) is 3.63. The summed E-state index contributed by atoms with van der Waals surface area (Å²) in [5.74, 6) is -0.192. The molecular weight excluding hydrogens is 522 g/mol. The van der Waals surface area contributed by atoms with Crippen molar-refractivity contribution in [3.63, 3.8) is 0 Å². The highest BCUT2D eigenvalue weighted by atomic mass is 35.5. The standard InChI is InChI=1S/C25H22ClN3O5S2/c26-23-11-10-22(35(31,32)21-4-2-1-3-5-21)16-24(23)36(33,34)28-20-12-14-29(15-13-20)25(30)19-8-6-18(17-27)7-9-19/h1-11,16,20,28H,12-15H2. The van der Waals surface area contributed by atoms with Crippen molar-refractivity contribution in [1.29, 1.82) is 5.26 Å². The number of hydrogen-bond acceptors (Lipinski definition) is 6. The van der Waals surface area contributed by atoms with Crippen molar-refractivity contribution in [2.75, 3.05) is 13.1 Å². The molecule has 0 saturated carbocycles. The first kappa shape index (κ1) is 25.9. The van der Waals surface area contributed by atoms with Gasteiger partial charge in [0.1, 0.15) is 4.90 Å². The van der Waals surface area contributed by atoms with Gasteiger partial charge in [-0.3, -0.25) is 4.79 Å². The number of benzene rings is 3. The fourth-order valence-corrected chi connectivity index (χ4v) is 7.16. The fraction of sp³-hybridized carbons (Fsp3) is 0.200. The number of sulfonamides is 1. The highest BCUT2D eigenvalue weighted by molar-refractivity contribution is 7.91. The number of halogens is 1. The van der Waals surface area contributed by atoms with Crippen molar-refractivity contribution in [3.8, 4) is 6.07 Å². The third-order valence-corrected chi connectivity index (χ3v) is 9.69. The van der Waals surface area contributed by atoms with Gasteiger partial charge >= 0.3 is 0 Å². The number of rotatable bonds is 6. The van der Waals surface area contributed by atoms with Gasteiger partial charge in [-0.1, -0.05) is 29.8 Å². The third kappa shape index (κ3) is 5.44. The molecule has 3 aromatic carbocycles. The number of nitrogens with one attached hydrogen (secondary N) is 1. The summed E-state index contributed by atoms with van der Waals surface area (Å²) < 4.78 is 54.8. The van der Waals surface area contributed by atoms with Crippen molar-refractivity contribution in [3.05, 3.63) is 88.9 Å². The van der Waals surface area contributed by atoms with Crippen LogP contribution in [0.2, 0.25) is 5.02 Å². The number of likely N-dealkylation sites (tertiary alicyclic amines) is 1. The predicted molar refractivity (Wildman–Crippen MR) is 134 cm³/mol. The maximum absolute atomic E-state index is 13.1. The van der Waals surface area contributed by atoms with Gasteiger partial charge in [-0.25, -0.2) is 21.6 Å². The lowest BCUT2D eigenvalue weighted by Crippen LogP contribution is -2.46. The molecule has 0 atom stereocenters. The van der Waals surface area contributed by atoms with Crippen molar-refractivity contribution in [1.82, 2.24) is 9.62 Å². The summed E-state index contributed by atoms with van der Waals surface area (Å²) in [4.78, 5) is 13.9. The molecule has 1 saturated heterocycles. The summed E-state index contributed by atoms with van der Waals surface area (Å²) in [6, 6.07) is 19.2. The van der Waals surface area contributed by atoms with Gasteiger partial charge < -0.3 is 4.90 Å². The van der Waals surface area contributed by atoms with Crippen molar-refractivity contribution >= 4 is 37.4 Å². The van der Waals surface area contributed by atoms with Crippen LogP contribution in [0.3, 0.4) is 0 Å². The smallest absolute Gasteiger partial charge is 0.253 e. The molecule has 36 heavy (non-hydrogen) atoms. The van der Waals surface area contributed by atoms with Crippen LogP contribution in [0.4, 0.5) is 0 Å². The molecule has 186 valence electrons. The van der Waals surface area contributed by atoms with Crippen molar-refractivity contribution in [2.24, 2.45) is 0 Å². The lowest BCUT2D eigenvalue weighted by atomic mass is 10.0. The summed E-state index contributed by atoms with van der Waals surface area (Å²) in [6.45, 7) is 0.671. The van der Waals surface area contributed by atoms with Crippen LogP contribution in [0.15, 0.2) is 87.5 Å². The van der Waals surface area contributed by atoms with Gasteiger partial charge in [-0.2, -0.15) is 5.26 Å². The third-order valence-electron chi connectivity index (χ3n) is 5.92. The van der Waals surface area contributed by atoms with E-state index >= 15 is 0 Å². The highest BCUT2D eigenvalue weighted by Crippen LogP contribution is 2.29. The van der Waals surface area contributed by atoms with E-state index in [4.69, 9.17) is 16.9 Å². The molecule has 3 aromatic rings. The van der Waals surface area contributed by atoms with Crippen molar-refractivity contribution in [2.45, 2.75) is 33.6 Å². The molecule has 0 radical (unpaired) electrons. The van der Waals surface area contributed by atoms with Gasteiger partial charge in [0.15, 0.2) is 0 Å². The summed E-state index contributed by atoms with van der Waals surface area (Å²) in [7, 11) is -8.07. The summed E-state index contributed by atoms with van der Waals surface area (Å²) in [5, 5.41) is 8.81. The van der Waals surface area contributed by atoms with E-state index in [2.05, 4.69) is 4.72 Å². The van der Waals surface area contributed by atoms with Gasteiger partial charge in [0.25, 0.3) is 5.91 Å². The first-order valence-corrected chi connectivity index (χ1v) is 14.4. The number of sulfone groups is 1. The molecule has 1 aliphatic rings. The van der Waals surface area contributed by atoms with Crippen LogP contribution in [0, 0.1) is 11.3 Å². The summed E-state index contributed by atoms with van der Waals surface area (Å²) in [6.07, 6.45) is 0.752. The molecule has 1 fully saturated rings. The van der Waals surface area contributed by atoms with E-state index < -0.39 is 25.9 Å². The second-order valence-electron chi connectivity index (χ2n) is 8.29. The van der Waals surface area contributed by atoms with Crippen LogP contribution < -0.4 is 4.72 Å². The van der Waals surface area contributed by atoms with Gasteiger partial charge in [0, 0.05) is 24.7 Å². The normalized spacial score (nSPS) is 14.8. The Morgan fingerprint density at radius 1 is 0.917 bits per heavy atom. The fourth-order valence-electron chi connectivity index (χ4n) is 3.95. The maximum Gasteiger partial charge on any atom is 0.253 e. The Labute approximate surface area is 215 Å². The second-order valence-corrected chi connectivity index (χ2v) is 12.3. The molecule has 0 aromatic heterocycles. The maximum atomic E-state index is 13.1. The number of amides is 1. The Morgan fingerprint density at radius 2 is 1.56 bits per heavy atom. The second kappa shape index (κ2) is 10.4. The molecule has 1 N–H and O–H groups in total. The monoisotopic (exact) mass is 543 g/mol. The average molecular weight is 544 g/mol. The van der Waals surface area contributed by atoms with E-state index in [9.17, 15) is 21.6 Å². The Kier molecular flexibility index (Phi) is 7.47. The molecule has 0 aliphatic carbocycles. The van der Waals surface area contributed by atoms with Gasteiger partial charge in [-0.05, 0) is 67.4 Å². The van der Waals surface area contributed by atoms with Crippen LogP contribution in [-0.2, 0) is 19.9 Å². The molecule has 1 heterocycles. The summed E-state index contributed by atoms with van der Waals surface area (Å²) in [5.41, 5.74) is 0.912. The van der Waals surface area contributed by atoms with Gasteiger partial charge in [-0.15, -0.1) is 0 Å². The number of nitriles is 1. The zero-order chi connectivity index (χ0) is 25.9. The lowest BCUT2D eigenvalue weighted by molar-refractivity contribution is 0.0711. The summed E-state index contributed by atoms with van der Waals surface area (Å²) >= 11 is 6.16. The van der Waals surface area contributed by atoms with E-state index in [0.29, 0.717) is 37.1 Å². The van der Waals surface area contributed by atoms with Crippen LogP contribution >= 0.6 is 11.6 Å². The van der Waals surface area contributed by atoms with Crippen LogP contribution in [0.5, 0.6) is 0 Å². The molecule has 0 bridgehead atoms. The minimum Gasteiger partial charge on any atom is -0.339 e. The Morgan fingerprint density at radius 3 is 2.17 bits per heavy atom. The zero-order valence-corrected chi connectivity index (χ0v) is 21.4. The quantitative estimate of drug-likeness (QED) is 0.506. The Balaban J connectivity index is 1.47. The molecule has 1 aliphatic heterocycles. The Hall–Kier alpha value is -3.23. The number of piperidine rings is 1. The average Bonchev–Trinajstić information content (AvgIpc) is 2.89. The van der Waals surface area contributed by atoms with E-state index in [1.54, 1.807) is 47.4 Å². The number of carbonyl (C=O) groups is 1. The molecule has 0 spiro atoms. The Bertz CT molecular complexity index is 1530. The first-order valence-electron chi connectivity index (χ1n) is 11.0. The molecule has 0 unspecified atom stereocenters. The van der Waals surface area contributed by atoms with Crippen LogP contribution in [0.25, 0.3) is 0 Å². The van der Waals surface area contributed by atoms with E-state index in [1.807, 2.05) is 6.07 Å². The largest absolute Gasteiger partial charge is 0.339 e. The van der Waals surface area contributed by atoms with E-state index in [-0.39, 0.29) is 25.6 Å². The molecule has 1 amide bonds.